The summed E-state index contributed by atoms with van der Waals surface area (Å²) < 4.78 is 19.9. The predicted octanol–water partition coefficient (Wildman–Crippen LogP) is 7.17. The first kappa shape index (κ1) is 16.9. The van der Waals surface area contributed by atoms with E-state index in [0.29, 0.717) is 5.58 Å². The van der Waals surface area contributed by atoms with Crippen molar-refractivity contribution in [3.63, 3.8) is 0 Å². The molecule has 0 fully saturated rings. The molecule has 0 aliphatic rings. The van der Waals surface area contributed by atoms with Gasteiger partial charge in [0.1, 0.15) is 17.0 Å². The highest BCUT2D eigenvalue weighted by Crippen LogP contribution is 2.40. The average Bonchev–Trinajstić information content (AvgIpc) is 3.00. The van der Waals surface area contributed by atoms with Crippen LogP contribution in [0.2, 0.25) is 0 Å². The summed E-state index contributed by atoms with van der Waals surface area (Å²) >= 11 is 0. The van der Waals surface area contributed by atoms with Crippen molar-refractivity contribution in [3.05, 3.63) is 76.6 Å². The van der Waals surface area contributed by atoms with Crippen molar-refractivity contribution < 1.29 is 8.81 Å². The van der Waals surface area contributed by atoms with Gasteiger partial charge < -0.3 is 4.42 Å². The molecule has 3 heteroatoms. The molecular formula is C25H20FNO. The zero-order chi connectivity index (χ0) is 19.6. The number of rotatable bonds is 1. The average molecular weight is 369 g/mol. The van der Waals surface area contributed by atoms with E-state index >= 15 is 0 Å². The number of pyridine rings is 1. The molecule has 2 nitrogen and oxygen atoms in total. The van der Waals surface area contributed by atoms with Gasteiger partial charge in [0.05, 0.1) is 11.2 Å². The molecule has 138 valence electrons. The largest absolute Gasteiger partial charge is 0.455 e. The van der Waals surface area contributed by atoms with Crippen LogP contribution in [-0.4, -0.2) is 4.98 Å². The van der Waals surface area contributed by atoms with Gasteiger partial charge >= 0.3 is 0 Å². The predicted molar refractivity (Wildman–Crippen MR) is 113 cm³/mol. The van der Waals surface area contributed by atoms with E-state index in [1.165, 1.54) is 23.3 Å². The maximum atomic E-state index is 13.7. The van der Waals surface area contributed by atoms with Crippen LogP contribution in [0.3, 0.4) is 0 Å². The number of benzene rings is 3. The number of nitrogens with zero attached hydrogens (tertiary/aromatic N) is 1. The molecule has 0 unspecified atom stereocenters. The maximum Gasteiger partial charge on any atom is 0.145 e. The second-order valence-corrected chi connectivity index (χ2v) is 7.61. The molecule has 2 aromatic heterocycles. The van der Waals surface area contributed by atoms with E-state index < -0.39 is 0 Å². The number of halogens is 1. The lowest BCUT2D eigenvalue weighted by Gasteiger charge is -2.13. The minimum Gasteiger partial charge on any atom is -0.455 e. The van der Waals surface area contributed by atoms with Crippen molar-refractivity contribution in [1.82, 2.24) is 4.98 Å². The lowest BCUT2D eigenvalue weighted by molar-refractivity contribution is 0.618. The van der Waals surface area contributed by atoms with E-state index in [2.05, 4.69) is 58.0 Å². The Balaban J connectivity index is 1.93. The zero-order valence-corrected chi connectivity index (χ0v) is 16.4. The van der Waals surface area contributed by atoms with Gasteiger partial charge in [0, 0.05) is 27.8 Å². The van der Waals surface area contributed by atoms with Crippen LogP contribution in [0.4, 0.5) is 4.39 Å². The Labute approximate surface area is 162 Å². The SMILES string of the molecule is Cc1cc2c(oc3cc(F)ccc32)c(-c2cc(C)c3cccc(C)c3n2)c1C. The van der Waals surface area contributed by atoms with Gasteiger partial charge in [-0.25, -0.2) is 9.37 Å². The van der Waals surface area contributed by atoms with Gasteiger partial charge in [-0.1, -0.05) is 18.2 Å². The molecule has 0 amide bonds. The fraction of sp³-hybridized carbons (Fsp3) is 0.160. The Hall–Kier alpha value is -3.20. The van der Waals surface area contributed by atoms with Gasteiger partial charge in [0.25, 0.3) is 0 Å². The molecular weight excluding hydrogens is 349 g/mol. The summed E-state index contributed by atoms with van der Waals surface area (Å²) in [4.78, 5) is 5.01. The normalized spacial score (nSPS) is 11.8. The highest BCUT2D eigenvalue weighted by Gasteiger charge is 2.19. The van der Waals surface area contributed by atoms with Crippen molar-refractivity contribution in [2.75, 3.05) is 0 Å². The van der Waals surface area contributed by atoms with Crippen molar-refractivity contribution in [1.29, 1.82) is 0 Å². The minimum atomic E-state index is -0.295. The molecule has 0 N–H and O–H groups in total. The van der Waals surface area contributed by atoms with Crippen molar-refractivity contribution >= 4 is 32.8 Å². The molecule has 5 aromatic rings. The fourth-order valence-corrected chi connectivity index (χ4v) is 4.11. The number of hydrogen-bond donors (Lipinski definition) is 0. The van der Waals surface area contributed by atoms with E-state index in [1.54, 1.807) is 6.07 Å². The first-order valence-corrected chi connectivity index (χ1v) is 9.43. The van der Waals surface area contributed by atoms with Crippen LogP contribution < -0.4 is 0 Å². The van der Waals surface area contributed by atoms with E-state index in [-0.39, 0.29) is 5.82 Å². The Morgan fingerprint density at radius 1 is 0.786 bits per heavy atom. The van der Waals surface area contributed by atoms with Crippen molar-refractivity contribution in [2.45, 2.75) is 27.7 Å². The molecule has 28 heavy (non-hydrogen) atoms. The number of fused-ring (bicyclic) bond motifs is 4. The number of aromatic nitrogens is 1. The van der Waals surface area contributed by atoms with Gasteiger partial charge in [0.2, 0.25) is 0 Å². The first-order chi connectivity index (χ1) is 13.4. The molecule has 2 heterocycles. The highest BCUT2D eigenvalue weighted by atomic mass is 19.1. The molecule has 0 saturated carbocycles. The zero-order valence-electron chi connectivity index (χ0n) is 16.4. The first-order valence-electron chi connectivity index (χ1n) is 9.43. The van der Waals surface area contributed by atoms with Gasteiger partial charge in [-0.15, -0.1) is 0 Å². The highest BCUT2D eigenvalue weighted by molar-refractivity contribution is 6.10. The smallest absolute Gasteiger partial charge is 0.145 e. The molecule has 0 aliphatic carbocycles. The van der Waals surface area contributed by atoms with Gasteiger partial charge in [-0.05, 0) is 74.2 Å². The molecule has 3 aromatic carbocycles. The van der Waals surface area contributed by atoms with Crippen LogP contribution in [0.25, 0.3) is 44.1 Å². The van der Waals surface area contributed by atoms with E-state index in [9.17, 15) is 4.39 Å². The molecule has 5 rings (SSSR count). The van der Waals surface area contributed by atoms with Crippen LogP contribution in [0, 0.1) is 33.5 Å². The van der Waals surface area contributed by atoms with Gasteiger partial charge in [0.15, 0.2) is 0 Å². The summed E-state index contributed by atoms with van der Waals surface area (Å²) in [6.07, 6.45) is 0. The fourth-order valence-electron chi connectivity index (χ4n) is 4.11. The second-order valence-electron chi connectivity index (χ2n) is 7.61. The summed E-state index contributed by atoms with van der Waals surface area (Å²) in [6, 6.07) is 15.2. The van der Waals surface area contributed by atoms with E-state index in [1.807, 2.05) is 0 Å². The Bertz CT molecular complexity index is 1410. The van der Waals surface area contributed by atoms with Crippen LogP contribution in [0.15, 0.2) is 52.9 Å². The molecule has 0 spiro atoms. The maximum absolute atomic E-state index is 13.7. The lowest BCUT2D eigenvalue weighted by atomic mass is 9.95. The number of furan rings is 1. The van der Waals surface area contributed by atoms with Crippen LogP contribution >= 0.6 is 0 Å². The van der Waals surface area contributed by atoms with Crippen molar-refractivity contribution in [3.8, 4) is 11.3 Å². The number of para-hydroxylation sites is 1. The van der Waals surface area contributed by atoms with Crippen LogP contribution in [-0.2, 0) is 0 Å². The molecule has 0 atom stereocenters. The van der Waals surface area contributed by atoms with Crippen molar-refractivity contribution in [2.24, 2.45) is 0 Å². The molecule has 0 aliphatic heterocycles. The Morgan fingerprint density at radius 2 is 1.61 bits per heavy atom. The molecule has 0 bridgehead atoms. The summed E-state index contributed by atoms with van der Waals surface area (Å²) in [5, 5.41) is 3.09. The summed E-state index contributed by atoms with van der Waals surface area (Å²) in [6.45, 7) is 8.39. The minimum absolute atomic E-state index is 0.295. The summed E-state index contributed by atoms with van der Waals surface area (Å²) in [5.74, 6) is -0.295. The topological polar surface area (TPSA) is 26.0 Å². The van der Waals surface area contributed by atoms with E-state index in [4.69, 9.17) is 9.40 Å². The number of aryl methyl sites for hydroxylation is 3. The Kier molecular flexibility index (Phi) is 3.57. The standard InChI is InChI=1S/C25H20FNO/c1-13-6-5-7-18-15(3)11-21(27-24(13)18)23-16(4)14(2)10-20-19-9-8-17(26)12-22(19)28-25(20)23/h5-12H,1-4H3. The number of hydrogen-bond acceptors (Lipinski definition) is 2. The third-order valence-corrected chi connectivity index (χ3v) is 5.75. The summed E-state index contributed by atoms with van der Waals surface area (Å²) in [5.41, 5.74) is 8.85. The van der Waals surface area contributed by atoms with E-state index in [0.717, 1.165) is 49.6 Å². The quantitative estimate of drug-likeness (QED) is 0.313. The molecule has 0 saturated heterocycles. The third kappa shape index (κ3) is 2.36. The lowest BCUT2D eigenvalue weighted by Crippen LogP contribution is -1.95. The van der Waals surface area contributed by atoms with Crippen LogP contribution in [0.5, 0.6) is 0 Å². The Morgan fingerprint density at radius 3 is 2.43 bits per heavy atom. The summed E-state index contributed by atoms with van der Waals surface area (Å²) in [7, 11) is 0. The van der Waals surface area contributed by atoms with Gasteiger partial charge in [-0.3, -0.25) is 0 Å². The molecule has 0 radical (unpaired) electrons. The second kappa shape index (κ2) is 5.90. The van der Waals surface area contributed by atoms with Gasteiger partial charge in [-0.2, -0.15) is 0 Å². The monoisotopic (exact) mass is 369 g/mol. The van der Waals surface area contributed by atoms with Crippen LogP contribution in [0.1, 0.15) is 22.3 Å². The third-order valence-electron chi connectivity index (χ3n) is 5.75.